The molecule has 0 aliphatic heterocycles. The number of hydrogen-bond acceptors (Lipinski definition) is 4. The number of ether oxygens (including phenoxy) is 2. The smallest absolute Gasteiger partial charge is 0.205 e. The Balaban J connectivity index is 2.00. The molecule has 3 rings (SSSR count). The molecule has 2 aromatic carbocycles. The molecule has 0 spiro atoms. The molecule has 0 amide bonds. The van der Waals surface area contributed by atoms with Crippen molar-refractivity contribution in [3.05, 3.63) is 40.4 Å². The summed E-state index contributed by atoms with van der Waals surface area (Å²) in [7, 11) is 3.17. The summed E-state index contributed by atoms with van der Waals surface area (Å²) in [5.74, 6) is 1.80. The van der Waals surface area contributed by atoms with E-state index in [1.165, 1.54) is 0 Å². The third-order valence-electron chi connectivity index (χ3n) is 3.19. The number of nitrogens with zero attached hydrogens (tertiary/aromatic N) is 1. The van der Waals surface area contributed by atoms with E-state index in [4.69, 9.17) is 32.7 Å². The summed E-state index contributed by atoms with van der Waals surface area (Å²) in [6.07, 6.45) is 0. The lowest BCUT2D eigenvalue weighted by Crippen LogP contribution is -1.93. The first-order valence-corrected chi connectivity index (χ1v) is 7.20. The van der Waals surface area contributed by atoms with Gasteiger partial charge in [0.15, 0.2) is 11.5 Å². The summed E-state index contributed by atoms with van der Waals surface area (Å²) in [5, 5.41) is 4.03. The molecule has 0 radical (unpaired) electrons. The van der Waals surface area contributed by atoms with Gasteiger partial charge >= 0.3 is 0 Å². The van der Waals surface area contributed by atoms with Crippen LogP contribution >= 0.6 is 23.2 Å². The normalized spacial score (nSPS) is 10.7. The van der Waals surface area contributed by atoms with Crippen LogP contribution in [0.15, 0.2) is 30.3 Å². The van der Waals surface area contributed by atoms with E-state index in [0.717, 1.165) is 11.0 Å². The van der Waals surface area contributed by atoms with Crippen LogP contribution in [0.3, 0.4) is 0 Å². The number of aromatic amines is 1. The molecule has 0 bridgehead atoms. The van der Waals surface area contributed by atoms with E-state index in [1.54, 1.807) is 26.4 Å². The Hall–Kier alpha value is -2.11. The van der Waals surface area contributed by atoms with E-state index in [9.17, 15) is 0 Å². The fourth-order valence-electron chi connectivity index (χ4n) is 2.12. The minimum Gasteiger partial charge on any atom is -0.493 e. The number of H-pyrrole nitrogens is 1. The molecule has 1 aromatic heterocycles. The van der Waals surface area contributed by atoms with Crippen LogP contribution in [0.5, 0.6) is 11.5 Å². The number of nitrogens with one attached hydrogen (secondary N) is 2. The zero-order valence-corrected chi connectivity index (χ0v) is 13.4. The Bertz CT molecular complexity index is 792. The number of hydrogen-bond donors (Lipinski definition) is 2. The van der Waals surface area contributed by atoms with Crippen LogP contribution < -0.4 is 14.8 Å². The Morgan fingerprint density at radius 2 is 1.82 bits per heavy atom. The molecule has 114 valence electrons. The maximum Gasteiger partial charge on any atom is 0.205 e. The third kappa shape index (κ3) is 2.65. The van der Waals surface area contributed by atoms with Crippen molar-refractivity contribution in [1.29, 1.82) is 0 Å². The van der Waals surface area contributed by atoms with Gasteiger partial charge in [-0.15, -0.1) is 0 Å². The van der Waals surface area contributed by atoms with Crippen LogP contribution in [0.1, 0.15) is 0 Å². The highest BCUT2D eigenvalue weighted by Crippen LogP contribution is 2.34. The minimum absolute atomic E-state index is 0.444. The summed E-state index contributed by atoms with van der Waals surface area (Å²) < 4.78 is 10.5. The van der Waals surface area contributed by atoms with Crippen molar-refractivity contribution in [3.63, 3.8) is 0 Å². The van der Waals surface area contributed by atoms with Crippen molar-refractivity contribution < 1.29 is 9.47 Å². The van der Waals surface area contributed by atoms with Gasteiger partial charge in [0.05, 0.1) is 41.0 Å². The molecule has 0 unspecified atom stereocenters. The molecular formula is C15H13Cl2N3O2. The lowest BCUT2D eigenvalue weighted by molar-refractivity contribution is 0.356. The number of aromatic nitrogens is 2. The molecular weight excluding hydrogens is 325 g/mol. The standard InChI is InChI=1S/C15H13Cl2N3O2/c1-21-12-6-10-11(7-13(12)22-2)20-15(19-10)18-9-5-3-4-8(16)14(9)17/h3-7H,1-2H3,(H2,18,19,20). The average molecular weight is 338 g/mol. The number of anilines is 2. The number of rotatable bonds is 4. The Labute approximate surface area is 137 Å². The first kappa shape index (κ1) is 14.8. The Kier molecular flexibility index (Phi) is 4.00. The monoisotopic (exact) mass is 337 g/mol. The van der Waals surface area contributed by atoms with E-state index in [1.807, 2.05) is 18.2 Å². The van der Waals surface area contributed by atoms with Gasteiger partial charge in [-0.1, -0.05) is 29.3 Å². The maximum atomic E-state index is 6.16. The molecule has 0 saturated heterocycles. The van der Waals surface area contributed by atoms with Gasteiger partial charge in [-0.3, -0.25) is 0 Å². The molecule has 0 fully saturated rings. The number of benzene rings is 2. The molecule has 0 aliphatic rings. The Morgan fingerprint density at radius 3 is 2.55 bits per heavy atom. The summed E-state index contributed by atoms with van der Waals surface area (Å²) in [6, 6.07) is 8.98. The topological polar surface area (TPSA) is 59.2 Å². The zero-order chi connectivity index (χ0) is 15.7. The number of halogens is 2. The summed E-state index contributed by atoms with van der Waals surface area (Å²) in [6.45, 7) is 0. The second-order valence-electron chi connectivity index (χ2n) is 4.54. The number of methoxy groups -OCH3 is 2. The molecule has 0 aliphatic carbocycles. The first-order chi connectivity index (χ1) is 10.6. The highest BCUT2D eigenvalue weighted by atomic mass is 35.5. The van der Waals surface area contributed by atoms with Gasteiger partial charge in [0.25, 0.3) is 0 Å². The number of fused-ring (bicyclic) bond motifs is 1. The van der Waals surface area contributed by atoms with Crippen molar-refractivity contribution in [2.45, 2.75) is 0 Å². The van der Waals surface area contributed by atoms with Crippen LogP contribution in [0.25, 0.3) is 11.0 Å². The average Bonchev–Trinajstić information content (AvgIpc) is 2.91. The second kappa shape index (κ2) is 5.94. The van der Waals surface area contributed by atoms with Crippen molar-refractivity contribution in [2.75, 3.05) is 19.5 Å². The van der Waals surface area contributed by atoms with E-state index < -0.39 is 0 Å². The second-order valence-corrected chi connectivity index (χ2v) is 5.32. The van der Waals surface area contributed by atoms with Crippen LogP contribution in [0.2, 0.25) is 10.0 Å². The van der Waals surface area contributed by atoms with Crippen LogP contribution in [0, 0.1) is 0 Å². The lowest BCUT2D eigenvalue weighted by atomic mass is 10.3. The molecule has 22 heavy (non-hydrogen) atoms. The van der Waals surface area contributed by atoms with E-state index in [2.05, 4.69) is 15.3 Å². The largest absolute Gasteiger partial charge is 0.493 e. The quantitative estimate of drug-likeness (QED) is 0.728. The van der Waals surface area contributed by atoms with Gasteiger partial charge in [0, 0.05) is 12.1 Å². The zero-order valence-electron chi connectivity index (χ0n) is 11.9. The lowest BCUT2D eigenvalue weighted by Gasteiger charge is -2.06. The van der Waals surface area contributed by atoms with Gasteiger partial charge in [0.2, 0.25) is 5.95 Å². The van der Waals surface area contributed by atoms with E-state index in [0.29, 0.717) is 33.2 Å². The fraction of sp³-hybridized carbons (Fsp3) is 0.133. The van der Waals surface area contributed by atoms with Crippen LogP contribution in [-0.2, 0) is 0 Å². The van der Waals surface area contributed by atoms with Gasteiger partial charge < -0.3 is 19.8 Å². The molecule has 0 atom stereocenters. The highest BCUT2D eigenvalue weighted by Gasteiger charge is 2.11. The third-order valence-corrected chi connectivity index (χ3v) is 4.01. The van der Waals surface area contributed by atoms with Gasteiger partial charge in [-0.2, -0.15) is 0 Å². The fourth-order valence-corrected chi connectivity index (χ4v) is 2.47. The van der Waals surface area contributed by atoms with Crippen LogP contribution in [-0.4, -0.2) is 24.2 Å². The van der Waals surface area contributed by atoms with E-state index in [-0.39, 0.29) is 0 Å². The molecule has 7 heteroatoms. The molecule has 0 saturated carbocycles. The summed E-state index contributed by atoms with van der Waals surface area (Å²) in [4.78, 5) is 7.62. The molecule has 3 aromatic rings. The summed E-state index contributed by atoms with van der Waals surface area (Å²) in [5.41, 5.74) is 2.24. The number of imidazole rings is 1. The molecule has 5 nitrogen and oxygen atoms in total. The van der Waals surface area contributed by atoms with Gasteiger partial charge in [0.1, 0.15) is 0 Å². The van der Waals surface area contributed by atoms with Crippen molar-refractivity contribution in [3.8, 4) is 11.5 Å². The predicted molar refractivity (Wildman–Crippen MR) is 88.9 cm³/mol. The Morgan fingerprint density at radius 1 is 1.09 bits per heavy atom. The van der Waals surface area contributed by atoms with Gasteiger partial charge in [-0.25, -0.2) is 4.98 Å². The molecule has 2 N–H and O–H groups in total. The predicted octanol–water partition coefficient (Wildman–Crippen LogP) is 4.63. The maximum absolute atomic E-state index is 6.16. The summed E-state index contributed by atoms with van der Waals surface area (Å²) >= 11 is 12.2. The SMILES string of the molecule is COc1cc2nc(Nc3cccc(Cl)c3Cl)[nH]c2cc1OC. The van der Waals surface area contributed by atoms with E-state index >= 15 is 0 Å². The van der Waals surface area contributed by atoms with Crippen molar-refractivity contribution >= 4 is 45.9 Å². The van der Waals surface area contributed by atoms with Crippen molar-refractivity contribution in [2.24, 2.45) is 0 Å². The van der Waals surface area contributed by atoms with Crippen molar-refractivity contribution in [1.82, 2.24) is 9.97 Å². The van der Waals surface area contributed by atoms with Crippen LogP contribution in [0.4, 0.5) is 11.6 Å². The minimum atomic E-state index is 0.444. The highest BCUT2D eigenvalue weighted by molar-refractivity contribution is 6.43. The van der Waals surface area contributed by atoms with Gasteiger partial charge in [-0.05, 0) is 12.1 Å². The first-order valence-electron chi connectivity index (χ1n) is 6.45. The molecule has 1 heterocycles.